The van der Waals surface area contributed by atoms with Crippen molar-refractivity contribution in [3.05, 3.63) is 0 Å². The number of carbonyl (C=O) groups is 2. The van der Waals surface area contributed by atoms with Crippen LogP contribution in [0.5, 0.6) is 0 Å². The minimum Gasteiger partial charge on any atom is -0.359 e. The maximum Gasteiger partial charge on any atom is 0.207 e. The van der Waals surface area contributed by atoms with Gasteiger partial charge in [0.15, 0.2) is 0 Å². The fourth-order valence-electron chi connectivity index (χ4n) is 1.99. The summed E-state index contributed by atoms with van der Waals surface area (Å²) in [5.41, 5.74) is 0. The van der Waals surface area contributed by atoms with Gasteiger partial charge in [0, 0.05) is 13.1 Å². The summed E-state index contributed by atoms with van der Waals surface area (Å²) in [4.78, 5) is 20.0. The quantitative estimate of drug-likeness (QED) is 0.349. The van der Waals surface area contributed by atoms with Crippen molar-refractivity contribution in [2.24, 2.45) is 0 Å². The standard InChI is InChI=1S/C14H28N2O2/c17-13-15-11-9-7-5-3-1-2-4-6-8-10-12-16-14-18/h13-14H,1-12H2,(H,15,17)(H,16,18). The Bertz CT molecular complexity index is 167. The van der Waals surface area contributed by atoms with Gasteiger partial charge in [0.1, 0.15) is 0 Å². The predicted molar refractivity (Wildman–Crippen MR) is 74.3 cm³/mol. The molecule has 106 valence electrons. The molecule has 0 aromatic heterocycles. The summed E-state index contributed by atoms with van der Waals surface area (Å²) in [6.45, 7) is 1.64. The average molecular weight is 256 g/mol. The van der Waals surface area contributed by atoms with Gasteiger partial charge < -0.3 is 10.6 Å². The van der Waals surface area contributed by atoms with E-state index >= 15 is 0 Å². The van der Waals surface area contributed by atoms with Gasteiger partial charge in [-0.2, -0.15) is 0 Å². The van der Waals surface area contributed by atoms with Crippen LogP contribution in [0.3, 0.4) is 0 Å². The van der Waals surface area contributed by atoms with Crippen LogP contribution in [0.2, 0.25) is 0 Å². The Hall–Kier alpha value is -1.06. The number of unbranched alkanes of at least 4 members (excludes halogenated alkanes) is 9. The van der Waals surface area contributed by atoms with E-state index in [1.54, 1.807) is 0 Å². The van der Waals surface area contributed by atoms with E-state index in [2.05, 4.69) is 10.6 Å². The molecule has 0 unspecified atom stereocenters. The van der Waals surface area contributed by atoms with Crippen LogP contribution in [0.4, 0.5) is 0 Å². The van der Waals surface area contributed by atoms with Crippen molar-refractivity contribution in [2.75, 3.05) is 13.1 Å². The van der Waals surface area contributed by atoms with E-state index < -0.39 is 0 Å². The molecule has 0 aliphatic heterocycles. The summed E-state index contributed by atoms with van der Waals surface area (Å²) in [6, 6.07) is 0. The minimum absolute atomic E-state index is 0.768. The highest BCUT2D eigenvalue weighted by atomic mass is 16.1. The molecule has 0 aromatic carbocycles. The summed E-state index contributed by atoms with van der Waals surface area (Å²) in [7, 11) is 0. The molecule has 0 bridgehead atoms. The van der Waals surface area contributed by atoms with E-state index in [0.717, 1.165) is 38.8 Å². The van der Waals surface area contributed by atoms with Gasteiger partial charge in [-0.3, -0.25) is 9.59 Å². The number of amides is 2. The maximum atomic E-state index is 9.99. The normalized spacial score (nSPS) is 10.0. The van der Waals surface area contributed by atoms with Crippen molar-refractivity contribution in [1.29, 1.82) is 0 Å². The fraction of sp³-hybridized carbons (Fsp3) is 0.857. The first-order valence-electron chi connectivity index (χ1n) is 7.26. The summed E-state index contributed by atoms with van der Waals surface area (Å²) >= 11 is 0. The van der Waals surface area contributed by atoms with E-state index in [9.17, 15) is 9.59 Å². The third kappa shape index (κ3) is 14.9. The molecule has 0 fully saturated rings. The van der Waals surface area contributed by atoms with Crippen molar-refractivity contribution in [3.63, 3.8) is 0 Å². The van der Waals surface area contributed by atoms with Crippen molar-refractivity contribution in [1.82, 2.24) is 10.6 Å². The molecular formula is C14H28N2O2. The molecule has 0 heterocycles. The Morgan fingerprint density at radius 1 is 0.500 bits per heavy atom. The molecule has 4 heteroatoms. The fourth-order valence-corrected chi connectivity index (χ4v) is 1.99. The largest absolute Gasteiger partial charge is 0.359 e. The van der Waals surface area contributed by atoms with Gasteiger partial charge in [-0.25, -0.2) is 0 Å². The molecule has 0 saturated carbocycles. The molecule has 2 N–H and O–H groups in total. The van der Waals surface area contributed by atoms with E-state index in [1.807, 2.05) is 0 Å². The van der Waals surface area contributed by atoms with Crippen LogP contribution in [0.15, 0.2) is 0 Å². The van der Waals surface area contributed by atoms with Crippen LogP contribution >= 0.6 is 0 Å². The van der Waals surface area contributed by atoms with Crippen molar-refractivity contribution in [2.45, 2.75) is 64.2 Å². The SMILES string of the molecule is O=CNCCCCCCCCCCCCNC=O. The van der Waals surface area contributed by atoms with Gasteiger partial charge in [-0.05, 0) is 12.8 Å². The predicted octanol–water partition coefficient (Wildman–Crippen LogP) is 2.38. The monoisotopic (exact) mass is 256 g/mol. The first-order valence-corrected chi connectivity index (χ1v) is 7.26. The third-order valence-corrected chi connectivity index (χ3v) is 3.06. The zero-order valence-corrected chi connectivity index (χ0v) is 11.5. The van der Waals surface area contributed by atoms with Crippen molar-refractivity contribution in [3.8, 4) is 0 Å². The summed E-state index contributed by atoms with van der Waals surface area (Å²) in [5.74, 6) is 0. The molecule has 0 aliphatic carbocycles. The Balaban J connectivity index is 2.90. The zero-order valence-electron chi connectivity index (χ0n) is 11.5. The van der Waals surface area contributed by atoms with E-state index in [0.29, 0.717) is 0 Å². The molecule has 2 amide bonds. The average Bonchev–Trinajstić information content (AvgIpc) is 2.39. The summed E-state index contributed by atoms with van der Waals surface area (Å²) < 4.78 is 0. The summed E-state index contributed by atoms with van der Waals surface area (Å²) in [5, 5.41) is 5.36. The lowest BCUT2D eigenvalue weighted by molar-refractivity contribution is -0.110. The molecule has 0 aliphatic rings. The van der Waals surface area contributed by atoms with Gasteiger partial charge >= 0.3 is 0 Å². The van der Waals surface area contributed by atoms with Crippen molar-refractivity contribution < 1.29 is 9.59 Å². The Morgan fingerprint density at radius 2 is 0.778 bits per heavy atom. The van der Waals surface area contributed by atoms with Crippen LogP contribution in [-0.4, -0.2) is 25.9 Å². The number of hydrogen-bond donors (Lipinski definition) is 2. The van der Waals surface area contributed by atoms with Crippen LogP contribution in [0.25, 0.3) is 0 Å². The van der Waals surface area contributed by atoms with Crippen LogP contribution in [0.1, 0.15) is 64.2 Å². The highest BCUT2D eigenvalue weighted by Gasteiger charge is 1.93. The smallest absolute Gasteiger partial charge is 0.207 e. The Labute approximate surface area is 111 Å². The molecule has 0 rings (SSSR count). The minimum atomic E-state index is 0.768. The third-order valence-electron chi connectivity index (χ3n) is 3.06. The lowest BCUT2D eigenvalue weighted by atomic mass is 10.1. The molecular weight excluding hydrogens is 228 g/mol. The lowest BCUT2D eigenvalue weighted by Crippen LogP contribution is -2.11. The molecule has 0 spiro atoms. The van der Waals surface area contributed by atoms with Gasteiger partial charge in [-0.15, -0.1) is 0 Å². The summed E-state index contributed by atoms with van der Waals surface area (Å²) in [6.07, 6.45) is 14.0. The number of carbonyl (C=O) groups excluding carboxylic acids is 2. The van der Waals surface area contributed by atoms with Crippen LogP contribution in [-0.2, 0) is 9.59 Å². The number of hydrogen-bond acceptors (Lipinski definition) is 2. The Kier molecular flexibility index (Phi) is 15.0. The lowest BCUT2D eigenvalue weighted by Gasteiger charge is -2.02. The highest BCUT2D eigenvalue weighted by Crippen LogP contribution is 2.10. The van der Waals surface area contributed by atoms with Crippen molar-refractivity contribution >= 4 is 12.8 Å². The molecule has 18 heavy (non-hydrogen) atoms. The van der Waals surface area contributed by atoms with Gasteiger partial charge in [0.05, 0.1) is 0 Å². The molecule has 0 atom stereocenters. The second-order valence-corrected chi connectivity index (χ2v) is 4.68. The van der Waals surface area contributed by atoms with Gasteiger partial charge in [0.25, 0.3) is 0 Å². The molecule has 4 nitrogen and oxygen atoms in total. The zero-order chi connectivity index (χ0) is 13.3. The molecule has 0 aromatic rings. The van der Waals surface area contributed by atoms with E-state index in [-0.39, 0.29) is 0 Å². The first kappa shape index (κ1) is 16.9. The Morgan fingerprint density at radius 3 is 1.06 bits per heavy atom. The topological polar surface area (TPSA) is 58.2 Å². The maximum absolute atomic E-state index is 9.99. The number of nitrogens with one attached hydrogen (secondary N) is 2. The molecule has 0 radical (unpaired) electrons. The van der Waals surface area contributed by atoms with Crippen LogP contribution in [0, 0.1) is 0 Å². The van der Waals surface area contributed by atoms with Crippen LogP contribution < -0.4 is 10.6 Å². The number of rotatable bonds is 15. The second kappa shape index (κ2) is 15.9. The second-order valence-electron chi connectivity index (χ2n) is 4.68. The highest BCUT2D eigenvalue weighted by molar-refractivity contribution is 5.45. The van der Waals surface area contributed by atoms with E-state index in [1.165, 1.54) is 51.4 Å². The van der Waals surface area contributed by atoms with Gasteiger partial charge in [0.2, 0.25) is 12.8 Å². The molecule has 0 saturated heterocycles. The van der Waals surface area contributed by atoms with E-state index in [4.69, 9.17) is 0 Å². The van der Waals surface area contributed by atoms with Gasteiger partial charge in [-0.1, -0.05) is 51.4 Å². The first-order chi connectivity index (χ1) is 8.91.